The van der Waals surface area contributed by atoms with Gasteiger partial charge in [0.1, 0.15) is 6.04 Å². The molecule has 0 radical (unpaired) electrons. The predicted molar refractivity (Wildman–Crippen MR) is 95.3 cm³/mol. The molecule has 1 atom stereocenters. The third-order valence-corrected chi connectivity index (χ3v) is 6.06. The van der Waals surface area contributed by atoms with Crippen LogP contribution in [0.2, 0.25) is 0 Å². The minimum Gasteiger partial charge on any atom is -0.368 e. The lowest BCUT2D eigenvalue weighted by Crippen LogP contribution is -2.62. The molecule has 4 aliphatic rings. The maximum atomic E-state index is 12.9. The molecular formula is C19H20N4O4. The normalized spacial score (nSPS) is 26.0. The molecule has 1 unspecified atom stereocenters. The fraction of sp³-hybridized carbons (Fsp3) is 0.474. The van der Waals surface area contributed by atoms with Gasteiger partial charge in [-0.3, -0.25) is 34.3 Å². The van der Waals surface area contributed by atoms with Gasteiger partial charge in [0.15, 0.2) is 0 Å². The Balaban J connectivity index is 1.35. The fourth-order valence-electron chi connectivity index (χ4n) is 4.26. The smallest absolute Gasteiger partial charge is 0.262 e. The average molecular weight is 368 g/mol. The van der Waals surface area contributed by atoms with Crippen molar-refractivity contribution in [3.8, 4) is 0 Å². The second-order valence-corrected chi connectivity index (χ2v) is 7.63. The monoisotopic (exact) mass is 368 g/mol. The van der Waals surface area contributed by atoms with Gasteiger partial charge in [-0.25, -0.2) is 0 Å². The quantitative estimate of drug-likeness (QED) is 0.755. The molecule has 5 rings (SSSR count). The van der Waals surface area contributed by atoms with E-state index >= 15 is 0 Å². The summed E-state index contributed by atoms with van der Waals surface area (Å²) in [4.78, 5) is 54.7. The number of rotatable bonds is 3. The second kappa shape index (κ2) is 5.88. The molecule has 3 fully saturated rings. The second-order valence-electron chi connectivity index (χ2n) is 7.63. The topological polar surface area (TPSA) is 90.0 Å². The number of nitrogens with one attached hydrogen (secondary N) is 1. The number of carbonyl (C=O) groups is 4. The zero-order valence-electron chi connectivity index (χ0n) is 14.8. The lowest BCUT2D eigenvalue weighted by molar-refractivity contribution is -0.136. The third kappa shape index (κ3) is 2.47. The SMILES string of the molecule is O=C1CCC(N2C(=O)c3ccc(N4CC(N5CCC5)C4)cc3C2=O)C(=O)N1. The van der Waals surface area contributed by atoms with Gasteiger partial charge in [-0.2, -0.15) is 0 Å². The molecule has 27 heavy (non-hydrogen) atoms. The zero-order chi connectivity index (χ0) is 18.7. The first-order chi connectivity index (χ1) is 13.0. The van der Waals surface area contributed by atoms with Crippen molar-refractivity contribution >= 4 is 29.3 Å². The summed E-state index contributed by atoms with van der Waals surface area (Å²) in [5.74, 6) is -1.87. The van der Waals surface area contributed by atoms with Crippen LogP contribution >= 0.6 is 0 Å². The predicted octanol–water partition coefficient (Wildman–Crippen LogP) is -0.0179. The van der Waals surface area contributed by atoms with E-state index in [9.17, 15) is 19.2 Å². The van der Waals surface area contributed by atoms with Crippen molar-refractivity contribution in [1.82, 2.24) is 15.1 Å². The van der Waals surface area contributed by atoms with E-state index in [1.54, 1.807) is 12.1 Å². The zero-order valence-corrected chi connectivity index (χ0v) is 14.8. The van der Waals surface area contributed by atoms with Crippen molar-refractivity contribution in [1.29, 1.82) is 0 Å². The van der Waals surface area contributed by atoms with E-state index in [1.807, 2.05) is 6.07 Å². The van der Waals surface area contributed by atoms with Gasteiger partial charge in [0.2, 0.25) is 11.8 Å². The number of imide groups is 2. The van der Waals surface area contributed by atoms with Crippen molar-refractivity contribution in [3.05, 3.63) is 29.3 Å². The number of fused-ring (bicyclic) bond motifs is 1. The molecule has 1 aromatic carbocycles. The first-order valence-electron chi connectivity index (χ1n) is 9.37. The van der Waals surface area contributed by atoms with Crippen molar-refractivity contribution in [2.45, 2.75) is 31.3 Å². The molecule has 4 heterocycles. The van der Waals surface area contributed by atoms with Gasteiger partial charge < -0.3 is 4.90 Å². The minimum absolute atomic E-state index is 0.126. The van der Waals surface area contributed by atoms with Crippen molar-refractivity contribution in [3.63, 3.8) is 0 Å². The third-order valence-electron chi connectivity index (χ3n) is 6.06. The maximum absolute atomic E-state index is 12.9. The van der Waals surface area contributed by atoms with Crippen LogP contribution in [0.25, 0.3) is 0 Å². The van der Waals surface area contributed by atoms with E-state index in [0.717, 1.165) is 36.8 Å². The van der Waals surface area contributed by atoms with Crippen molar-refractivity contribution in [2.75, 3.05) is 31.1 Å². The van der Waals surface area contributed by atoms with Crippen LogP contribution in [0, 0.1) is 0 Å². The Morgan fingerprint density at radius 3 is 2.37 bits per heavy atom. The summed E-state index contributed by atoms with van der Waals surface area (Å²) in [6.45, 7) is 4.18. The molecule has 3 saturated heterocycles. The summed E-state index contributed by atoms with van der Waals surface area (Å²) in [6, 6.07) is 4.95. The molecule has 4 amide bonds. The standard InChI is InChI=1S/C19H20N4O4/c24-16-5-4-15(17(25)20-16)23-18(26)13-3-2-11(8-14(13)19(23)27)22-9-12(10-22)21-6-1-7-21/h2-3,8,12,15H,1,4-7,9-10H2,(H,20,24,25). The van der Waals surface area contributed by atoms with E-state index in [-0.39, 0.29) is 18.7 Å². The Morgan fingerprint density at radius 1 is 0.963 bits per heavy atom. The van der Waals surface area contributed by atoms with Crippen molar-refractivity contribution < 1.29 is 19.2 Å². The van der Waals surface area contributed by atoms with Crippen LogP contribution in [0.3, 0.4) is 0 Å². The fourth-order valence-corrected chi connectivity index (χ4v) is 4.26. The summed E-state index contributed by atoms with van der Waals surface area (Å²) in [5, 5.41) is 2.21. The highest BCUT2D eigenvalue weighted by Gasteiger charge is 2.45. The van der Waals surface area contributed by atoms with E-state index < -0.39 is 23.8 Å². The highest BCUT2D eigenvalue weighted by atomic mass is 16.2. The van der Waals surface area contributed by atoms with Gasteiger partial charge in [-0.1, -0.05) is 0 Å². The van der Waals surface area contributed by atoms with Gasteiger partial charge in [0.25, 0.3) is 11.8 Å². The molecule has 0 spiro atoms. The van der Waals surface area contributed by atoms with Gasteiger partial charge in [-0.15, -0.1) is 0 Å². The number of amides is 4. The average Bonchev–Trinajstić information content (AvgIpc) is 2.80. The number of piperidine rings is 1. The number of carbonyl (C=O) groups excluding carboxylic acids is 4. The number of likely N-dealkylation sites (tertiary alicyclic amines) is 1. The Kier molecular flexibility index (Phi) is 3.58. The molecule has 1 N–H and O–H groups in total. The molecule has 0 saturated carbocycles. The molecular weight excluding hydrogens is 348 g/mol. The summed E-state index contributed by atoms with van der Waals surface area (Å²) in [5.41, 5.74) is 1.60. The Labute approximate surface area is 156 Å². The van der Waals surface area contributed by atoms with Crippen LogP contribution in [-0.4, -0.2) is 71.7 Å². The van der Waals surface area contributed by atoms with Gasteiger partial charge in [0, 0.05) is 31.2 Å². The van der Waals surface area contributed by atoms with E-state index in [1.165, 1.54) is 6.42 Å². The summed E-state index contributed by atoms with van der Waals surface area (Å²) < 4.78 is 0. The molecule has 8 heteroatoms. The number of hydrogen-bond donors (Lipinski definition) is 1. The summed E-state index contributed by atoms with van der Waals surface area (Å²) >= 11 is 0. The molecule has 0 aliphatic carbocycles. The lowest BCUT2D eigenvalue weighted by atomic mass is 10.0. The first-order valence-corrected chi connectivity index (χ1v) is 9.37. The molecule has 0 bridgehead atoms. The van der Waals surface area contributed by atoms with E-state index in [0.29, 0.717) is 17.2 Å². The highest BCUT2D eigenvalue weighted by Crippen LogP contribution is 2.33. The maximum Gasteiger partial charge on any atom is 0.262 e. The van der Waals surface area contributed by atoms with Crippen LogP contribution in [0.4, 0.5) is 5.69 Å². The van der Waals surface area contributed by atoms with Gasteiger partial charge >= 0.3 is 0 Å². The van der Waals surface area contributed by atoms with Crippen LogP contribution < -0.4 is 10.2 Å². The van der Waals surface area contributed by atoms with Gasteiger partial charge in [-0.05, 0) is 44.1 Å². The van der Waals surface area contributed by atoms with Crippen LogP contribution in [0.15, 0.2) is 18.2 Å². The molecule has 140 valence electrons. The van der Waals surface area contributed by atoms with Crippen LogP contribution in [0.1, 0.15) is 40.0 Å². The number of nitrogens with zero attached hydrogens (tertiary/aromatic N) is 3. The molecule has 8 nitrogen and oxygen atoms in total. The largest absolute Gasteiger partial charge is 0.368 e. The minimum atomic E-state index is -0.918. The Bertz CT molecular complexity index is 872. The summed E-state index contributed by atoms with van der Waals surface area (Å²) in [6.07, 6.45) is 1.56. The molecule has 1 aromatic rings. The number of anilines is 1. The van der Waals surface area contributed by atoms with Gasteiger partial charge in [0.05, 0.1) is 11.1 Å². The summed E-state index contributed by atoms with van der Waals surface area (Å²) in [7, 11) is 0. The van der Waals surface area contributed by atoms with E-state index in [2.05, 4.69) is 15.1 Å². The lowest BCUT2D eigenvalue weighted by Gasteiger charge is -2.50. The van der Waals surface area contributed by atoms with Crippen LogP contribution in [0.5, 0.6) is 0 Å². The van der Waals surface area contributed by atoms with Crippen molar-refractivity contribution in [2.24, 2.45) is 0 Å². The number of hydrogen-bond acceptors (Lipinski definition) is 6. The first kappa shape index (κ1) is 16.4. The van der Waals surface area contributed by atoms with E-state index in [4.69, 9.17) is 0 Å². The van der Waals surface area contributed by atoms with Crippen LogP contribution in [-0.2, 0) is 9.59 Å². The molecule has 4 aliphatic heterocycles. The Hall–Kier alpha value is -2.74. The number of benzene rings is 1. The molecule has 0 aromatic heterocycles. The Morgan fingerprint density at radius 2 is 1.70 bits per heavy atom. The highest BCUT2D eigenvalue weighted by molar-refractivity contribution is 6.23.